The molecule has 3 aromatic carbocycles. The molecule has 0 aliphatic carbocycles. The van der Waals surface area contributed by atoms with E-state index in [9.17, 15) is 25.5 Å². The van der Waals surface area contributed by atoms with Crippen LogP contribution in [0.1, 0.15) is 23.6 Å². The topological polar surface area (TPSA) is 129 Å². The Morgan fingerprint density at radius 1 is 0.939 bits per heavy atom. The van der Waals surface area contributed by atoms with Crippen LogP contribution < -0.4 is 9.47 Å². The lowest BCUT2D eigenvalue weighted by molar-refractivity contribution is -0.385. The van der Waals surface area contributed by atoms with Crippen molar-refractivity contribution in [3.8, 4) is 17.6 Å². The smallest absolute Gasteiger partial charge is 0.270 e. The molecule has 0 aromatic heterocycles. The summed E-state index contributed by atoms with van der Waals surface area (Å²) in [7, 11) is 0. The highest BCUT2D eigenvalue weighted by atomic mass is 16.6. The second-order valence-electron chi connectivity index (χ2n) is 6.83. The summed E-state index contributed by atoms with van der Waals surface area (Å²) >= 11 is 0. The Labute approximate surface area is 189 Å². The van der Waals surface area contributed by atoms with E-state index in [0.717, 1.165) is 0 Å². The fourth-order valence-corrected chi connectivity index (χ4v) is 3.06. The average Bonchev–Trinajstić information content (AvgIpc) is 2.82. The minimum absolute atomic E-state index is 0.0215. The maximum Gasteiger partial charge on any atom is 0.270 e. The van der Waals surface area contributed by atoms with E-state index in [1.165, 1.54) is 30.3 Å². The van der Waals surface area contributed by atoms with Crippen LogP contribution in [-0.4, -0.2) is 16.5 Å². The summed E-state index contributed by atoms with van der Waals surface area (Å²) in [5, 5.41) is 31.6. The quantitative estimate of drug-likeness (QED) is 0.183. The SMILES string of the molecule is CCOc1cc(/C=C(/C#N)c2cccc([N+](=O)[O-])c2)ccc1OCc1cccc([N+](=O)[O-])c1. The Kier molecular flexibility index (Phi) is 7.34. The highest BCUT2D eigenvalue weighted by molar-refractivity contribution is 5.90. The van der Waals surface area contributed by atoms with Crippen LogP contribution in [0.25, 0.3) is 11.6 Å². The number of ether oxygens (including phenoxy) is 2. The normalized spacial score (nSPS) is 10.8. The molecular formula is C24H19N3O6. The van der Waals surface area contributed by atoms with Gasteiger partial charge < -0.3 is 9.47 Å². The third-order valence-electron chi connectivity index (χ3n) is 4.58. The fourth-order valence-electron chi connectivity index (χ4n) is 3.06. The first kappa shape index (κ1) is 23.0. The highest BCUT2D eigenvalue weighted by Gasteiger charge is 2.12. The van der Waals surface area contributed by atoms with Gasteiger partial charge in [-0.2, -0.15) is 5.26 Å². The van der Waals surface area contributed by atoms with Gasteiger partial charge in [0.25, 0.3) is 11.4 Å². The molecule has 0 heterocycles. The Morgan fingerprint density at radius 3 is 2.30 bits per heavy atom. The monoisotopic (exact) mass is 445 g/mol. The number of nitro benzene ring substituents is 2. The lowest BCUT2D eigenvalue weighted by Crippen LogP contribution is -2.00. The summed E-state index contributed by atoms with van der Waals surface area (Å²) in [4.78, 5) is 21.0. The maximum atomic E-state index is 11.0. The minimum atomic E-state index is -0.515. The number of nitriles is 1. The second kappa shape index (κ2) is 10.5. The van der Waals surface area contributed by atoms with Gasteiger partial charge in [0.15, 0.2) is 11.5 Å². The molecule has 0 N–H and O–H groups in total. The molecule has 9 heteroatoms. The predicted molar refractivity (Wildman–Crippen MR) is 122 cm³/mol. The summed E-state index contributed by atoms with van der Waals surface area (Å²) in [6.45, 7) is 2.29. The lowest BCUT2D eigenvalue weighted by atomic mass is 10.0. The lowest BCUT2D eigenvalue weighted by Gasteiger charge is -2.13. The number of benzene rings is 3. The van der Waals surface area contributed by atoms with Gasteiger partial charge >= 0.3 is 0 Å². The standard InChI is InChI=1S/C24H19N3O6/c1-2-32-24-13-17(11-20(15-25)19-6-4-8-22(14-19)27(30)31)9-10-23(24)33-16-18-5-3-7-21(12-18)26(28)29/h3-14H,2,16H2,1H3/b20-11-. The van der Waals surface area contributed by atoms with Gasteiger partial charge in [0, 0.05) is 24.3 Å². The van der Waals surface area contributed by atoms with Gasteiger partial charge in [0.1, 0.15) is 6.61 Å². The van der Waals surface area contributed by atoms with Crippen LogP contribution in [-0.2, 0) is 6.61 Å². The molecule has 0 atom stereocenters. The van der Waals surface area contributed by atoms with E-state index in [1.807, 2.05) is 6.92 Å². The third kappa shape index (κ3) is 5.92. The molecule has 0 amide bonds. The molecule has 0 bridgehead atoms. The Bertz CT molecular complexity index is 1260. The van der Waals surface area contributed by atoms with Crippen molar-refractivity contribution >= 4 is 23.0 Å². The Balaban J connectivity index is 1.86. The van der Waals surface area contributed by atoms with Gasteiger partial charge in [-0.1, -0.05) is 30.3 Å². The number of nitrogens with zero attached hydrogens (tertiary/aromatic N) is 3. The molecule has 0 unspecified atom stereocenters. The van der Waals surface area contributed by atoms with E-state index in [0.29, 0.717) is 34.8 Å². The Morgan fingerprint density at radius 2 is 1.64 bits per heavy atom. The van der Waals surface area contributed by atoms with Crippen LogP contribution in [0.4, 0.5) is 11.4 Å². The Hall–Kier alpha value is -4.71. The maximum absolute atomic E-state index is 11.0. The molecular weight excluding hydrogens is 426 g/mol. The molecule has 0 saturated carbocycles. The first-order chi connectivity index (χ1) is 15.9. The van der Waals surface area contributed by atoms with Crippen LogP contribution in [0.2, 0.25) is 0 Å². The number of non-ortho nitro benzene ring substituents is 2. The molecule has 33 heavy (non-hydrogen) atoms. The zero-order valence-corrected chi connectivity index (χ0v) is 17.6. The summed E-state index contributed by atoms with van der Waals surface area (Å²) in [6.07, 6.45) is 1.60. The number of rotatable bonds is 9. The van der Waals surface area contributed by atoms with E-state index in [2.05, 4.69) is 6.07 Å². The van der Waals surface area contributed by atoms with Gasteiger partial charge in [-0.3, -0.25) is 20.2 Å². The number of allylic oxidation sites excluding steroid dienone is 1. The molecule has 3 aromatic rings. The number of hydrogen-bond donors (Lipinski definition) is 0. The molecule has 0 radical (unpaired) electrons. The molecule has 0 saturated heterocycles. The molecule has 0 aliphatic rings. The first-order valence-corrected chi connectivity index (χ1v) is 9.91. The van der Waals surface area contributed by atoms with Gasteiger partial charge in [0.05, 0.1) is 28.1 Å². The van der Waals surface area contributed by atoms with Crippen LogP contribution in [0.15, 0.2) is 66.7 Å². The average molecular weight is 445 g/mol. The largest absolute Gasteiger partial charge is 0.490 e. The number of hydrogen-bond acceptors (Lipinski definition) is 7. The van der Waals surface area contributed by atoms with E-state index < -0.39 is 9.85 Å². The second-order valence-corrected chi connectivity index (χ2v) is 6.83. The van der Waals surface area contributed by atoms with Crippen LogP contribution in [0, 0.1) is 31.6 Å². The van der Waals surface area contributed by atoms with Crippen molar-refractivity contribution in [1.82, 2.24) is 0 Å². The van der Waals surface area contributed by atoms with Crippen molar-refractivity contribution in [1.29, 1.82) is 5.26 Å². The highest BCUT2D eigenvalue weighted by Crippen LogP contribution is 2.31. The van der Waals surface area contributed by atoms with Gasteiger partial charge in [0.2, 0.25) is 0 Å². The van der Waals surface area contributed by atoms with Crippen LogP contribution in [0.3, 0.4) is 0 Å². The predicted octanol–water partition coefficient (Wildman–Crippen LogP) is 5.54. The third-order valence-corrected chi connectivity index (χ3v) is 4.58. The van der Waals surface area contributed by atoms with E-state index >= 15 is 0 Å². The summed E-state index contributed by atoms with van der Waals surface area (Å²) in [5.41, 5.74) is 1.83. The summed E-state index contributed by atoms with van der Waals surface area (Å²) in [5.74, 6) is 0.877. The van der Waals surface area contributed by atoms with Crippen molar-refractivity contribution in [3.05, 3.63) is 104 Å². The van der Waals surface area contributed by atoms with Gasteiger partial charge in [-0.15, -0.1) is 0 Å². The van der Waals surface area contributed by atoms with Gasteiger partial charge in [-0.05, 0) is 41.8 Å². The molecule has 0 aliphatic heterocycles. The zero-order chi connectivity index (χ0) is 23.8. The van der Waals surface area contributed by atoms with Crippen molar-refractivity contribution in [2.24, 2.45) is 0 Å². The summed E-state index contributed by atoms with van der Waals surface area (Å²) in [6, 6.07) is 19.2. The first-order valence-electron chi connectivity index (χ1n) is 9.91. The van der Waals surface area contributed by atoms with Crippen molar-refractivity contribution in [2.45, 2.75) is 13.5 Å². The van der Waals surface area contributed by atoms with Gasteiger partial charge in [-0.25, -0.2) is 0 Å². The molecule has 9 nitrogen and oxygen atoms in total. The summed E-state index contributed by atoms with van der Waals surface area (Å²) < 4.78 is 11.5. The molecule has 166 valence electrons. The molecule has 0 fully saturated rings. The molecule has 3 rings (SSSR count). The van der Waals surface area contributed by atoms with E-state index in [-0.39, 0.29) is 23.6 Å². The van der Waals surface area contributed by atoms with Crippen molar-refractivity contribution in [2.75, 3.05) is 6.61 Å². The fraction of sp³-hybridized carbons (Fsp3) is 0.125. The van der Waals surface area contributed by atoms with Crippen LogP contribution >= 0.6 is 0 Å². The van der Waals surface area contributed by atoms with Crippen LogP contribution in [0.5, 0.6) is 11.5 Å². The zero-order valence-electron chi connectivity index (χ0n) is 17.6. The minimum Gasteiger partial charge on any atom is -0.490 e. The van der Waals surface area contributed by atoms with E-state index in [4.69, 9.17) is 9.47 Å². The molecule has 0 spiro atoms. The van der Waals surface area contributed by atoms with Crippen molar-refractivity contribution < 1.29 is 19.3 Å². The van der Waals surface area contributed by atoms with Crippen molar-refractivity contribution in [3.63, 3.8) is 0 Å². The van der Waals surface area contributed by atoms with E-state index in [1.54, 1.807) is 42.5 Å². The number of nitro groups is 2.